The molecule has 9 nitrogen and oxygen atoms in total. The molecular formula is C21H19N9. The fraction of sp³-hybridized carbons (Fsp3) is 0.143. The minimum atomic E-state index is 0.547. The van der Waals surface area contributed by atoms with Crippen molar-refractivity contribution in [3.63, 3.8) is 0 Å². The number of tetrazole rings is 1. The van der Waals surface area contributed by atoms with Gasteiger partial charge >= 0.3 is 0 Å². The molecule has 0 spiro atoms. The first kappa shape index (κ1) is 17.9. The number of H-pyrrole nitrogens is 1. The minimum absolute atomic E-state index is 0.547. The first-order valence-electron chi connectivity index (χ1n) is 9.66. The van der Waals surface area contributed by atoms with Gasteiger partial charge in [-0.15, -0.1) is 10.2 Å². The molecule has 0 amide bonds. The molecule has 2 N–H and O–H groups in total. The van der Waals surface area contributed by atoms with Gasteiger partial charge in [-0.25, -0.2) is 4.98 Å². The van der Waals surface area contributed by atoms with Crippen molar-refractivity contribution in [2.24, 2.45) is 0 Å². The fourth-order valence-electron chi connectivity index (χ4n) is 3.36. The maximum absolute atomic E-state index is 4.58. The molecule has 0 aliphatic carbocycles. The van der Waals surface area contributed by atoms with Crippen molar-refractivity contribution < 1.29 is 0 Å². The average Bonchev–Trinajstić information content (AvgIpc) is 3.50. The van der Waals surface area contributed by atoms with Crippen LogP contribution in [0.15, 0.2) is 61.1 Å². The van der Waals surface area contributed by atoms with E-state index in [9.17, 15) is 0 Å². The number of rotatable bonds is 6. The molecule has 0 bridgehead atoms. The summed E-state index contributed by atoms with van der Waals surface area (Å²) in [6.07, 6.45) is 6.18. The summed E-state index contributed by atoms with van der Waals surface area (Å²) in [7, 11) is 0. The molecule has 0 fully saturated rings. The quantitative estimate of drug-likeness (QED) is 0.453. The highest BCUT2D eigenvalue weighted by Gasteiger charge is 2.11. The third-order valence-corrected chi connectivity index (χ3v) is 4.92. The molecule has 9 heteroatoms. The number of pyridine rings is 1. The summed E-state index contributed by atoms with van der Waals surface area (Å²) in [5.74, 6) is 1.48. The van der Waals surface area contributed by atoms with Crippen LogP contribution >= 0.6 is 0 Å². The second-order valence-electron chi connectivity index (χ2n) is 6.79. The van der Waals surface area contributed by atoms with Crippen molar-refractivity contribution in [3.8, 4) is 22.5 Å². The maximum Gasteiger partial charge on any atom is 0.205 e. The van der Waals surface area contributed by atoms with Crippen LogP contribution in [0.25, 0.3) is 28.2 Å². The predicted molar refractivity (Wildman–Crippen MR) is 113 cm³/mol. The van der Waals surface area contributed by atoms with E-state index in [0.29, 0.717) is 12.4 Å². The van der Waals surface area contributed by atoms with Gasteiger partial charge in [0.1, 0.15) is 5.82 Å². The number of hydrogen-bond donors (Lipinski definition) is 2. The lowest BCUT2D eigenvalue weighted by atomic mass is 10.0. The average molecular weight is 397 g/mol. The van der Waals surface area contributed by atoms with Gasteiger partial charge in [0.05, 0.1) is 6.20 Å². The van der Waals surface area contributed by atoms with Crippen LogP contribution in [0.5, 0.6) is 0 Å². The fourth-order valence-corrected chi connectivity index (χ4v) is 3.36. The van der Waals surface area contributed by atoms with Gasteiger partial charge in [0.15, 0.2) is 5.65 Å². The molecule has 5 aromatic rings. The maximum atomic E-state index is 4.58. The standard InChI is InChI=1S/C21H19N9/c1-2-16-11-20(30-19(25-16)8-10-24-30)23-12-14-3-5-15(6-4-14)18-13-22-9-7-17(18)21-26-28-29-27-21/h3-11,13,23H,2,12H2,1H3,(H,26,27,28,29). The Morgan fingerprint density at radius 3 is 2.73 bits per heavy atom. The second-order valence-corrected chi connectivity index (χ2v) is 6.79. The highest BCUT2D eigenvalue weighted by Crippen LogP contribution is 2.29. The van der Waals surface area contributed by atoms with Crippen LogP contribution in [-0.2, 0) is 13.0 Å². The first-order valence-corrected chi connectivity index (χ1v) is 9.66. The molecule has 0 atom stereocenters. The Bertz CT molecular complexity index is 1270. The van der Waals surface area contributed by atoms with Gasteiger partial charge in [-0.1, -0.05) is 31.2 Å². The van der Waals surface area contributed by atoms with Gasteiger partial charge in [0.2, 0.25) is 5.82 Å². The van der Waals surface area contributed by atoms with Crippen LogP contribution < -0.4 is 5.32 Å². The minimum Gasteiger partial charge on any atom is -0.366 e. The predicted octanol–water partition coefficient (Wildman–Crippen LogP) is 3.15. The van der Waals surface area contributed by atoms with E-state index in [-0.39, 0.29) is 0 Å². The molecule has 5 rings (SSSR count). The molecule has 0 unspecified atom stereocenters. The molecule has 1 aromatic carbocycles. The number of aryl methyl sites for hydroxylation is 1. The number of aromatic amines is 1. The normalized spacial score (nSPS) is 11.1. The van der Waals surface area contributed by atoms with Gasteiger partial charge in [-0.3, -0.25) is 4.98 Å². The van der Waals surface area contributed by atoms with Crippen molar-refractivity contribution >= 4 is 11.5 Å². The van der Waals surface area contributed by atoms with Gasteiger partial charge < -0.3 is 5.32 Å². The highest BCUT2D eigenvalue weighted by molar-refractivity contribution is 5.79. The molecule has 0 saturated carbocycles. The third-order valence-electron chi connectivity index (χ3n) is 4.92. The summed E-state index contributed by atoms with van der Waals surface area (Å²) < 4.78 is 1.82. The number of nitrogens with zero attached hydrogens (tertiary/aromatic N) is 7. The van der Waals surface area contributed by atoms with E-state index in [1.807, 2.05) is 28.9 Å². The second kappa shape index (κ2) is 7.70. The summed E-state index contributed by atoms with van der Waals surface area (Å²) in [5.41, 5.74) is 5.91. The van der Waals surface area contributed by atoms with Crippen LogP contribution in [0, 0.1) is 0 Å². The number of hydrogen-bond acceptors (Lipinski definition) is 7. The molecule has 4 aromatic heterocycles. The SMILES string of the molecule is CCc1cc(NCc2ccc(-c3cnccc3-c3nn[nH]n3)cc2)n2nccc2n1. The van der Waals surface area contributed by atoms with E-state index in [1.54, 1.807) is 12.4 Å². The molecule has 0 radical (unpaired) electrons. The molecular weight excluding hydrogens is 378 g/mol. The topological polar surface area (TPSA) is 110 Å². The van der Waals surface area contributed by atoms with Gasteiger partial charge in [-0.05, 0) is 28.8 Å². The Morgan fingerprint density at radius 1 is 1.03 bits per heavy atom. The molecule has 0 aliphatic rings. The monoisotopic (exact) mass is 397 g/mol. The smallest absolute Gasteiger partial charge is 0.205 e. The van der Waals surface area contributed by atoms with E-state index >= 15 is 0 Å². The molecule has 30 heavy (non-hydrogen) atoms. The number of aromatic nitrogens is 8. The molecule has 4 heterocycles. The van der Waals surface area contributed by atoms with Crippen LogP contribution in [-0.4, -0.2) is 40.2 Å². The van der Waals surface area contributed by atoms with E-state index in [4.69, 9.17) is 0 Å². The summed E-state index contributed by atoms with van der Waals surface area (Å²) in [5, 5.41) is 22.2. The lowest BCUT2D eigenvalue weighted by molar-refractivity contribution is 0.881. The van der Waals surface area contributed by atoms with Crippen LogP contribution in [0.1, 0.15) is 18.2 Å². The molecule has 0 saturated heterocycles. The van der Waals surface area contributed by atoms with Crippen molar-refractivity contribution in [1.29, 1.82) is 0 Å². The zero-order valence-corrected chi connectivity index (χ0v) is 16.3. The zero-order chi connectivity index (χ0) is 20.3. The Labute approximate surface area is 172 Å². The van der Waals surface area contributed by atoms with E-state index in [2.05, 4.69) is 72.2 Å². The first-order chi connectivity index (χ1) is 14.8. The van der Waals surface area contributed by atoms with Gasteiger partial charge in [0.25, 0.3) is 0 Å². The van der Waals surface area contributed by atoms with E-state index in [1.165, 1.54) is 0 Å². The van der Waals surface area contributed by atoms with E-state index in [0.717, 1.165) is 45.8 Å². The van der Waals surface area contributed by atoms with Crippen LogP contribution in [0.3, 0.4) is 0 Å². The number of benzene rings is 1. The summed E-state index contributed by atoms with van der Waals surface area (Å²) in [4.78, 5) is 8.84. The van der Waals surface area contributed by atoms with Gasteiger partial charge in [0, 0.05) is 47.9 Å². The van der Waals surface area contributed by atoms with Crippen molar-refractivity contribution in [1.82, 2.24) is 40.2 Å². The molecule has 0 aliphatic heterocycles. The van der Waals surface area contributed by atoms with Crippen molar-refractivity contribution in [3.05, 3.63) is 72.3 Å². The number of fused-ring (bicyclic) bond motifs is 1. The Kier molecular flexibility index (Phi) is 4.60. The molecule has 148 valence electrons. The van der Waals surface area contributed by atoms with Crippen molar-refractivity contribution in [2.45, 2.75) is 19.9 Å². The van der Waals surface area contributed by atoms with Crippen molar-refractivity contribution in [2.75, 3.05) is 5.32 Å². The Hall–Kier alpha value is -4.14. The van der Waals surface area contributed by atoms with E-state index < -0.39 is 0 Å². The number of nitrogens with one attached hydrogen (secondary N) is 2. The number of anilines is 1. The summed E-state index contributed by atoms with van der Waals surface area (Å²) in [6, 6.07) is 14.2. The lowest BCUT2D eigenvalue weighted by Gasteiger charge is -2.11. The highest BCUT2D eigenvalue weighted by atomic mass is 15.5. The largest absolute Gasteiger partial charge is 0.366 e. The van der Waals surface area contributed by atoms with Crippen LogP contribution in [0.4, 0.5) is 5.82 Å². The van der Waals surface area contributed by atoms with Gasteiger partial charge in [-0.2, -0.15) is 14.8 Å². The Balaban J connectivity index is 1.38. The summed E-state index contributed by atoms with van der Waals surface area (Å²) >= 11 is 0. The zero-order valence-electron chi connectivity index (χ0n) is 16.3. The third kappa shape index (κ3) is 3.37. The Morgan fingerprint density at radius 2 is 1.93 bits per heavy atom. The summed E-state index contributed by atoms with van der Waals surface area (Å²) in [6.45, 7) is 2.77. The van der Waals surface area contributed by atoms with Crippen LogP contribution in [0.2, 0.25) is 0 Å². The lowest BCUT2D eigenvalue weighted by Crippen LogP contribution is -2.07.